The van der Waals surface area contributed by atoms with Crippen LogP contribution in [0.3, 0.4) is 0 Å². The van der Waals surface area contributed by atoms with Crippen LogP contribution in [0.25, 0.3) is 20.5 Å². The maximum Gasteiger partial charge on any atom is 0.188 e. The van der Waals surface area contributed by atoms with Gasteiger partial charge >= 0.3 is 0 Å². The van der Waals surface area contributed by atoms with Crippen molar-refractivity contribution in [2.45, 2.75) is 0 Å². The summed E-state index contributed by atoms with van der Waals surface area (Å²) >= 11 is 1.58. The lowest BCUT2D eigenvalue weighted by Gasteiger charge is -2.05. The van der Waals surface area contributed by atoms with Crippen molar-refractivity contribution in [3.8, 4) is 16.2 Å². The van der Waals surface area contributed by atoms with Gasteiger partial charge in [-0.1, -0.05) is 0 Å². The lowest BCUT2D eigenvalue weighted by Crippen LogP contribution is -1.99. The quantitative estimate of drug-likeness (QED) is 0.732. The average molecular weight is 283 g/mol. The van der Waals surface area contributed by atoms with Gasteiger partial charge in [0.05, 0.1) is 7.11 Å². The molecule has 1 heterocycles. The number of benzene rings is 2. The molecule has 2 N–H and O–H groups in total. The highest BCUT2D eigenvalue weighted by Crippen LogP contribution is 2.29. The Hall–Kier alpha value is -2.33. The van der Waals surface area contributed by atoms with Gasteiger partial charge in [0.15, 0.2) is 5.43 Å². The summed E-state index contributed by atoms with van der Waals surface area (Å²) in [5, 5.41) is 0.673. The molecule has 0 aliphatic heterocycles. The van der Waals surface area contributed by atoms with E-state index in [1.807, 2.05) is 36.4 Å². The monoisotopic (exact) mass is 283 g/mol. The summed E-state index contributed by atoms with van der Waals surface area (Å²) in [4.78, 5) is 13.1. The second kappa shape index (κ2) is 4.98. The number of methoxy groups -OCH3 is 1. The van der Waals surface area contributed by atoms with Gasteiger partial charge in [0.25, 0.3) is 0 Å². The normalized spacial score (nSPS) is 10.7. The number of nitrogen functional groups attached to an aromatic ring is 1. The van der Waals surface area contributed by atoms with Crippen LogP contribution in [0.1, 0.15) is 0 Å². The van der Waals surface area contributed by atoms with E-state index in [4.69, 9.17) is 10.5 Å². The van der Waals surface area contributed by atoms with Gasteiger partial charge in [-0.3, -0.25) is 4.79 Å². The molecule has 1 aromatic heterocycles. The summed E-state index contributed by atoms with van der Waals surface area (Å²) in [5.74, 6) is 0.801. The molecule has 0 aliphatic carbocycles. The van der Waals surface area contributed by atoms with Crippen LogP contribution < -0.4 is 15.9 Å². The third-order valence-electron chi connectivity index (χ3n) is 3.13. The first-order valence-corrected chi connectivity index (χ1v) is 6.97. The molecule has 0 saturated carbocycles. The van der Waals surface area contributed by atoms with Crippen molar-refractivity contribution < 1.29 is 4.74 Å². The highest BCUT2D eigenvalue weighted by Gasteiger charge is 2.05. The Kier molecular flexibility index (Phi) is 3.16. The molecule has 3 nitrogen and oxygen atoms in total. The molecule has 4 heteroatoms. The third kappa shape index (κ3) is 2.26. The molecule has 100 valence electrons. The van der Waals surface area contributed by atoms with Crippen molar-refractivity contribution in [2.75, 3.05) is 12.8 Å². The van der Waals surface area contributed by atoms with Crippen LogP contribution in [0.4, 0.5) is 5.69 Å². The fourth-order valence-electron chi connectivity index (χ4n) is 2.07. The van der Waals surface area contributed by atoms with E-state index >= 15 is 0 Å². The van der Waals surface area contributed by atoms with Gasteiger partial charge in [-0.2, -0.15) is 0 Å². The fourth-order valence-corrected chi connectivity index (χ4v) is 3.13. The Bertz CT molecular complexity index is 822. The zero-order valence-electron chi connectivity index (χ0n) is 10.9. The van der Waals surface area contributed by atoms with Crippen molar-refractivity contribution in [1.82, 2.24) is 0 Å². The molecule has 0 unspecified atom stereocenters. The lowest BCUT2D eigenvalue weighted by molar-refractivity contribution is 0.415. The molecule has 0 aliphatic rings. The van der Waals surface area contributed by atoms with E-state index in [9.17, 15) is 4.79 Å². The van der Waals surface area contributed by atoms with E-state index < -0.39 is 0 Å². The van der Waals surface area contributed by atoms with Crippen LogP contribution in [0.2, 0.25) is 0 Å². The Labute approximate surface area is 120 Å². The third-order valence-corrected chi connectivity index (χ3v) is 4.28. The highest BCUT2D eigenvalue weighted by atomic mass is 32.1. The van der Waals surface area contributed by atoms with Crippen molar-refractivity contribution >= 4 is 27.1 Å². The zero-order valence-corrected chi connectivity index (χ0v) is 11.7. The van der Waals surface area contributed by atoms with Crippen LogP contribution in [0, 0.1) is 0 Å². The molecule has 0 radical (unpaired) electrons. The van der Waals surface area contributed by atoms with E-state index in [0.717, 1.165) is 20.9 Å². The fraction of sp³-hybridized carbons (Fsp3) is 0.0625. The summed E-state index contributed by atoms with van der Waals surface area (Å²) in [5.41, 5.74) is 7.34. The van der Waals surface area contributed by atoms with E-state index in [1.54, 1.807) is 30.6 Å². The summed E-state index contributed by atoms with van der Waals surface area (Å²) in [6.07, 6.45) is 0. The van der Waals surface area contributed by atoms with Gasteiger partial charge in [0.2, 0.25) is 0 Å². The lowest BCUT2D eigenvalue weighted by atomic mass is 10.1. The Balaban J connectivity index is 2.16. The Morgan fingerprint density at radius 1 is 1.05 bits per heavy atom. The second-order valence-electron chi connectivity index (χ2n) is 4.46. The second-order valence-corrected chi connectivity index (χ2v) is 5.54. The van der Waals surface area contributed by atoms with Gasteiger partial charge in [-0.25, -0.2) is 0 Å². The maximum absolute atomic E-state index is 12.2. The van der Waals surface area contributed by atoms with Crippen molar-refractivity contribution in [1.29, 1.82) is 0 Å². The van der Waals surface area contributed by atoms with Gasteiger partial charge in [0.1, 0.15) is 5.75 Å². The van der Waals surface area contributed by atoms with Crippen LogP contribution in [0.5, 0.6) is 5.75 Å². The van der Waals surface area contributed by atoms with Crippen LogP contribution in [0.15, 0.2) is 53.3 Å². The van der Waals surface area contributed by atoms with E-state index in [0.29, 0.717) is 11.1 Å². The number of nitrogens with two attached hydrogens (primary N) is 1. The molecular formula is C16H13NO2S. The predicted molar refractivity (Wildman–Crippen MR) is 84.5 cm³/mol. The standard InChI is InChI=1S/C16H13NO2S/c1-19-12-5-2-10(3-6-12)16-9-14(18)13-8-11(17)4-7-15(13)20-16/h2-9H,17H2,1H3. The smallest absolute Gasteiger partial charge is 0.188 e. The molecule has 2 aromatic carbocycles. The Morgan fingerprint density at radius 3 is 2.50 bits per heavy atom. The SMILES string of the molecule is COc1ccc(-c2cc(=O)c3cc(N)ccc3s2)cc1. The largest absolute Gasteiger partial charge is 0.497 e. The van der Waals surface area contributed by atoms with E-state index in [1.165, 1.54) is 0 Å². The maximum atomic E-state index is 12.2. The minimum atomic E-state index is -0.00290. The topological polar surface area (TPSA) is 52.3 Å². The number of hydrogen-bond donors (Lipinski definition) is 1. The number of hydrogen-bond acceptors (Lipinski definition) is 4. The van der Waals surface area contributed by atoms with Crippen molar-refractivity contribution in [2.24, 2.45) is 0 Å². The number of ether oxygens (including phenoxy) is 1. The molecule has 0 saturated heterocycles. The molecule has 0 spiro atoms. The molecule has 3 rings (SSSR count). The predicted octanol–water partition coefficient (Wildman–Crippen LogP) is 3.52. The first kappa shape index (κ1) is 12.7. The summed E-state index contributed by atoms with van der Waals surface area (Å²) in [6.45, 7) is 0. The number of rotatable bonds is 2. The van der Waals surface area contributed by atoms with E-state index in [-0.39, 0.29) is 5.43 Å². The van der Waals surface area contributed by atoms with E-state index in [2.05, 4.69) is 0 Å². The van der Waals surface area contributed by atoms with Crippen LogP contribution in [-0.4, -0.2) is 7.11 Å². The Morgan fingerprint density at radius 2 is 1.80 bits per heavy atom. The number of fused-ring (bicyclic) bond motifs is 1. The molecule has 0 atom stereocenters. The first-order chi connectivity index (χ1) is 9.67. The molecular weight excluding hydrogens is 270 g/mol. The number of anilines is 1. The molecule has 3 aromatic rings. The highest BCUT2D eigenvalue weighted by molar-refractivity contribution is 7.21. The van der Waals surface area contributed by atoms with Gasteiger partial charge < -0.3 is 10.5 Å². The van der Waals surface area contributed by atoms with Gasteiger partial charge in [0, 0.05) is 26.7 Å². The summed E-state index contributed by atoms with van der Waals surface area (Å²) < 4.78 is 6.08. The minimum absolute atomic E-state index is 0.00290. The van der Waals surface area contributed by atoms with Crippen molar-refractivity contribution in [3.63, 3.8) is 0 Å². The molecule has 0 fully saturated rings. The molecule has 20 heavy (non-hydrogen) atoms. The van der Waals surface area contributed by atoms with Crippen LogP contribution >= 0.6 is 11.3 Å². The zero-order chi connectivity index (χ0) is 14.1. The minimum Gasteiger partial charge on any atom is -0.497 e. The molecule has 0 amide bonds. The average Bonchev–Trinajstić information content (AvgIpc) is 2.48. The van der Waals surface area contributed by atoms with Gasteiger partial charge in [-0.05, 0) is 48.0 Å². The summed E-state index contributed by atoms with van der Waals surface area (Å²) in [6, 6.07) is 14.8. The van der Waals surface area contributed by atoms with Crippen molar-refractivity contribution in [3.05, 3.63) is 58.8 Å². The first-order valence-electron chi connectivity index (χ1n) is 6.15. The summed E-state index contributed by atoms with van der Waals surface area (Å²) in [7, 11) is 1.63. The molecule has 0 bridgehead atoms. The van der Waals surface area contributed by atoms with Gasteiger partial charge in [-0.15, -0.1) is 11.3 Å². The van der Waals surface area contributed by atoms with Crippen LogP contribution in [-0.2, 0) is 0 Å².